The molecule has 7 heteroatoms. The Balaban J connectivity index is 2.71. The number of aromatic amines is 1. The first-order chi connectivity index (χ1) is 7.87. The molecule has 0 amide bonds. The van der Waals surface area contributed by atoms with Crippen molar-refractivity contribution in [3.63, 3.8) is 0 Å². The third-order valence-corrected chi connectivity index (χ3v) is 2.48. The molecule has 2 rings (SSSR count). The number of fused-ring (bicyclic) bond motifs is 1. The molecule has 0 radical (unpaired) electrons. The molecule has 0 unspecified atom stereocenters. The molecule has 0 saturated carbocycles. The van der Waals surface area contributed by atoms with Crippen LogP contribution in [0.2, 0.25) is 0 Å². The van der Waals surface area contributed by atoms with E-state index < -0.39 is 12.1 Å². The fraction of sp³-hybridized carbons (Fsp3) is 0.100. The molecule has 0 aliphatic carbocycles. The van der Waals surface area contributed by atoms with E-state index in [2.05, 4.69) is 25.7 Å². The third kappa shape index (κ3) is 2.60. The average Bonchev–Trinajstić information content (AvgIpc) is 2.17. The van der Waals surface area contributed by atoms with Crippen molar-refractivity contribution in [3.05, 3.63) is 39.1 Å². The van der Waals surface area contributed by atoms with E-state index in [-0.39, 0.29) is 16.3 Å². The molecule has 1 N–H and O–H groups in total. The smallest absolute Gasteiger partial charge is 0.403 e. The lowest BCUT2D eigenvalue weighted by Gasteiger charge is -2.11. The zero-order chi connectivity index (χ0) is 12.6. The number of benzene rings is 1. The van der Waals surface area contributed by atoms with Crippen LogP contribution in [0, 0.1) is 0 Å². The molecule has 0 saturated heterocycles. The Hall–Kier alpha value is -1.50. The van der Waals surface area contributed by atoms with E-state index in [4.69, 9.17) is 0 Å². The highest BCUT2D eigenvalue weighted by Gasteiger charge is 2.32. The Bertz CT molecular complexity index is 621. The van der Waals surface area contributed by atoms with Crippen molar-refractivity contribution < 1.29 is 17.9 Å². The van der Waals surface area contributed by atoms with Crippen LogP contribution in [0.4, 0.5) is 13.2 Å². The minimum atomic E-state index is -4.81. The van der Waals surface area contributed by atoms with Crippen LogP contribution >= 0.6 is 15.9 Å². The summed E-state index contributed by atoms with van der Waals surface area (Å²) >= 11 is 3.02. The minimum absolute atomic E-state index is 0.0121. The summed E-state index contributed by atoms with van der Waals surface area (Å²) < 4.78 is 40.7. The Morgan fingerprint density at radius 3 is 2.65 bits per heavy atom. The van der Waals surface area contributed by atoms with Crippen molar-refractivity contribution in [1.82, 2.24) is 4.98 Å². The summed E-state index contributed by atoms with van der Waals surface area (Å²) in [4.78, 5) is 14.0. The summed E-state index contributed by atoms with van der Waals surface area (Å²) in [6, 6.07) is 3.80. The second-order valence-electron chi connectivity index (χ2n) is 3.22. The zero-order valence-corrected chi connectivity index (χ0v) is 9.72. The van der Waals surface area contributed by atoms with Gasteiger partial charge in [0, 0.05) is 16.7 Å². The number of H-pyrrole nitrogens is 1. The Morgan fingerprint density at radius 1 is 1.29 bits per heavy atom. The topological polar surface area (TPSA) is 42.1 Å². The molecule has 1 heterocycles. The molecule has 2 aromatic rings. The molecule has 0 atom stereocenters. The first kappa shape index (κ1) is 12.0. The van der Waals surface area contributed by atoms with Gasteiger partial charge in [-0.1, -0.05) is 15.9 Å². The van der Waals surface area contributed by atoms with Crippen LogP contribution in [0.1, 0.15) is 0 Å². The predicted octanol–water partition coefficient (Wildman–Crippen LogP) is 3.19. The van der Waals surface area contributed by atoms with Gasteiger partial charge in [0.15, 0.2) is 11.2 Å². The highest BCUT2D eigenvalue weighted by atomic mass is 79.9. The predicted molar refractivity (Wildman–Crippen MR) is 59.0 cm³/mol. The quantitative estimate of drug-likeness (QED) is 0.879. The number of aromatic nitrogens is 1. The van der Waals surface area contributed by atoms with Crippen molar-refractivity contribution in [2.75, 3.05) is 0 Å². The van der Waals surface area contributed by atoms with Crippen LogP contribution in [-0.2, 0) is 0 Å². The SMILES string of the molecule is O=c1cc[nH]c2c(OC(F)(F)F)cc(Br)cc12. The van der Waals surface area contributed by atoms with Crippen LogP contribution in [-0.4, -0.2) is 11.3 Å². The van der Waals surface area contributed by atoms with Crippen molar-refractivity contribution >= 4 is 26.8 Å². The Labute approximate surface area is 101 Å². The molecule has 1 aromatic heterocycles. The first-order valence-electron chi connectivity index (χ1n) is 4.43. The molecule has 0 bridgehead atoms. The number of rotatable bonds is 1. The van der Waals surface area contributed by atoms with Gasteiger partial charge in [-0.3, -0.25) is 4.79 Å². The van der Waals surface area contributed by atoms with Gasteiger partial charge in [0.1, 0.15) is 0 Å². The van der Waals surface area contributed by atoms with Gasteiger partial charge >= 0.3 is 6.36 Å². The molecule has 17 heavy (non-hydrogen) atoms. The van der Waals surface area contributed by atoms with Gasteiger partial charge < -0.3 is 9.72 Å². The summed E-state index contributed by atoms with van der Waals surface area (Å²) in [6.45, 7) is 0. The van der Waals surface area contributed by atoms with Gasteiger partial charge in [-0.2, -0.15) is 0 Å². The largest absolute Gasteiger partial charge is 0.573 e. The van der Waals surface area contributed by atoms with Gasteiger partial charge in [-0.25, -0.2) is 0 Å². The van der Waals surface area contributed by atoms with E-state index in [0.717, 1.165) is 6.07 Å². The normalized spacial score (nSPS) is 11.8. The van der Waals surface area contributed by atoms with Crippen molar-refractivity contribution in [2.45, 2.75) is 6.36 Å². The monoisotopic (exact) mass is 307 g/mol. The fourth-order valence-corrected chi connectivity index (χ4v) is 1.86. The van der Waals surface area contributed by atoms with Crippen LogP contribution in [0.15, 0.2) is 33.7 Å². The van der Waals surface area contributed by atoms with Crippen LogP contribution in [0.25, 0.3) is 10.9 Å². The molecule has 0 aliphatic rings. The molecule has 3 nitrogen and oxygen atoms in total. The molecular formula is C10H5BrF3NO2. The first-order valence-corrected chi connectivity index (χ1v) is 5.23. The van der Waals surface area contributed by atoms with Crippen LogP contribution < -0.4 is 10.2 Å². The lowest BCUT2D eigenvalue weighted by molar-refractivity contribution is -0.274. The van der Waals surface area contributed by atoms with Crippen LogP contribution in [0.3, 0.4) is 0 Å². The van der Waals surface area contributed by atoms with Gasteiger partial charge in [-0.15, -0.1) is 13.2 Å². The average molecular weight is 308 g/mol. The number of halogens is 4. The minimum Gasteiger partial charge on any atom is -0.403 e. The van der Waals surface area contributed by atoms with E-state index in [1.807, 2.05) is 0 Å². The number of hydrogen-bond donors (Lipinski definition) is 1. The van der Waals surface area contributed by atoms with E-state index in [0.29, 0.717) is 4.47 Å². The molecular weight excluding hydrogens is 303 g/mol. The second-order valence-corrected chi connectivity index (χ2v) is 4.13. The number of alkyl halides is 3. The summed E-state index contributed by atoms with van der Waals surface area (Å²) in [5.74, 6) is -0.445. The third-order valence-electron chi connectivity index (χ3n) is 2.02. The van der Waals surface area contributed by atoms with Crippen LogP contribution in [0.5, 0.6) is 5.75 Å². The number of pyridine rings is 1. The standard InChI is InChI=1S/C10H5BrF3NO2/c11-5-3-6-7(16)1-2-15-9(6)8(4-5)17-10(12,13)14/h1-4H,(H,15,16). The molecule has 0 aliphatic heterocycles. The van der Waals surface area contributed by atoms with Gasteiger partial charge in [0.25, 0.3) is 0 Å². The maximum atomic E-state index is 12.2. The lowest BCUT2D eigenvalue weighted by Crippen LogP contribution is -2.18. The summed E-state index contributed by atoms with van der Waals surface area (Å²) in [5, 5.41) is 0.126. The van der Waals surface area contributed by atoms with E-state index >= 15 is 0 Å². The van der Waals surface area contributed by atoms with E-state index in [9.17, 15) is 18.0 Å². The maximum absolute atomic E-state index is 12.2. The maximum Gasteiger partial charge on any atom is 0.573 e. The summed E-state index contributed by atoms with van der Waals surface area (Å²) in [7, 11) is 0. The lowest BCUT2D eigenvalue weighted by atomic mass is 10.2. The zero-order valence-electron chi connectivity index (χ0n) is 8.14. The van der Waals surface area contributed by atoms with Crippen molar-refractivity contribution in [1.29, 1.82) is 0 Å². The second kappa shape index (κ2) is 4.06. The molecule has 0 fully saturated rings. The summed E-state index contributed by atoms with van der Waals surface area (Å²) in [6.07, 6.45) is -3.54. The van der Waals surface area contributed by atoms with Crippen molar-refractivity contribution in [2.24, 2.45) is 0 Å². The summed E-state index contributed by atoms with van der Waals surface area (Å²) in [5.41, 5.74) is -0.370. The number of nitrogens with one attached hydrogen (secondary N) is 1. The fourth-order valence-electron chi connectivity index (χ4n) is 1.42. The highest BCUT2D eigenvalue weighted by Crippen LogP contribution is 2.31. The van der Waals surface area contributed by atoms with Gasteiger partial charge in [-0.05, 0) is 12.1 Å². The Kier molecular flexibility index (Phi) is 2.86. The van der Waals surface area contributed by atoms with Gasteiger partial charge in [0.05, 0.1) is 10.9 Å². The van der Waals surface area contributed by atoms with Gasteiger partial charge in [0.2, 0.25) is 0 Å². The molecule has 90 valence electrons. The number of ether oxygens (including phenoxy) is 1. The van der Waals surface area contributed by atoms with Crippen molar-refractivity contribution in [3.8, 4) is 5.75 Å². The Morgan fingerprint density at radius 2 is 2.00 bits per heavy atom. The molecule has 1 aromatic carbocycles. The number of hydrogen-bond acceptors (Lipinski definition) is 2. The highest BCUT2D eigenvalue weighted by molar-refractivity contribution is 9.10. The van der Waals surface area contributed by atoms with E-state index in [1.165, 1.54) is 18.3 Å². The molecule has 0 spiro atoms. The van der Waals surface area contributed by atoms with E-state index in [1.54, 1.807) is 0 Å².